The Balaban J connectivity index is 5.33. The fourth-order valence-electron chi connectivity index (χ4n) is 3.59. The molecule has 4 unspecified atom stereocenters. The Morgan fingerprint density at radius 3 is 1.42 bits per heavy atom. The smallest absolute Gasteiger partial charge is 0.243 e. The molecule has 0 aromatic carbocycles. The van der Waals surface area contributed by atoms with Crippen LogP contribution in [0.25, 0.3) is 0 Å². The number of nitrogens with one attached hydrogen (secondary N) is 4. The molecule has 0 fully saturated rings. The molecule has 0 saturated carbocycles. The highest BCUT2D eigenvalue weighted by Gasteiger charge is 2.33. The minimum Gasteiger partial charge on any atom is -0.380 e. The SMILES string of the molecule is C=CC(=O)NCC(C)COCC(COCC(C)CNC)(COCC(C)CNC=O)COCC(C)CNC=O. The van der Waals surface area contributed by atoms with E-state index in [2.05, 4.69) is 34.8 Å². The van der Waals surface area contributed by atoms with Crippen molar-refractivity contribution in [3.63, 3.8) is 0 Å². The molecule has 0 aliphatic heterocycles. The second kappa shape index (κ2) is 22.9. The van der Waals surface area contributed by atoms with Crippen LogP contribution in [0.5, 0.6) is 0 Å². The predicted molar refractivity (Wildman–Crippen MR) is 148 cm³/mol. The standard InChI is InChI=1S/C27H52N4O7/c1-7-26(34)31-11-25(5)15-38-19-27(16-35-12-22(2)8-28-6,17-36-13-23(3)9-29-20-32)18-37-14-24(4)10-30-21-33/h7,20-25,28H,1,8-19H2,2-6H3,(H,29,32)(H,30,33)(H,31,34). The summed E-state index contributed by atoms with van der Waals surface area (Å²) in [6, 6.07) is 0. The first kappa shape index (κ1) is 35.9. The summed E-state index contributed by atoms with van der Waals surface area (Å²) in [5.41, 5.74) is -0.570. The highest BCUT2D eigenvalue weighted by molar-refractivity contribution is 5.86. The third-order valence-electron chi connectivity index (χ3n) is 5.70. The van der Waals surface area contributed by atoms with Gasteiger partial charge in [-0.25, -0.2) is 0 Å². The molecule has 4 atom stereocenters. The molecular formula is C27H52N4O7. The first-order chi connectivity index (χ1) is 18.2. The van der Waals surface area contributed by atoms with Crippen LogP contribution in [0.3, 0.4) is 0 Å². The van der Waals surface area contributed by atoms with E-state index >= 15 is 0 Å². The van der Waals surface area contributed by atoms with Gasteiger partial charge in [-0.3, -0.25) is 14.4 Å². The Labute approximate surface area is 229 Å². The van der Waals surface area contributed by atoms with Crippen molar-refractivity contribution in [2.45, 2.75) is 27.7 Å². The van der Waals surface area contributed by atoms with Crippen molar-refractivity contribution in [1.82, 2.24) is 21.3 Å². The van der Waals surface area contributed by atoms with E-state index in [4.69, 9.17) is 18.9 Å². The summed E-state index contributed by atoms with van der Waals surface area (Å²) in [4.78, 5) is 32.7. The third kappa shape index (κ3) is 19.1. The molecule has 0 bridgehead atoms. The van der Waals surface area contributed by atoms with Gasteiger partial charge in [0, 0.05) is 19.6 Å². The summed E-state index contributed by atoms with van der Waals surface area (Å²) in [5, 5.41) is 11.3. The Hall–Kier alpha value is -2.05. The van der Waals surface area contributed by atoms with Gasteiger partial charge in [-0.05, 0) is 43.3 Å². The zero-order chi connectivity index (χ0) is 28.7. The van der Waals surface area contributed by atoms with Gasteiger partial charge in [0.1, 0.15) is 0 Å². The molecule has 222 valence electrons. The van der Waals surface area contributed by atoms with Crippen LogP contribution in [0.1, 0.15) is 27.7 Å². The van der Waals surface area contributed by atoms with Crippen LogP contribution in [0.2, 0.25) is 0 Å². The highest BCUT2D eigenvalue weighted by atomic mass is 16.5. The van der Waals surface area contributed by atoms with E-state index in [-0.39, 0.29) is 23.7 Å². The number of rotatable bonds is 27. The van der Waals surface area contributed by atoms with Crippen LogP contribution in [0, 0.1) is 29.1 Å². The molecular weight excluding hydrogens is 492 g/mol. The normalized spacial score (nSPS) is 15.9. The molecule has 11 heteroatoms. The van der Waals surface area contributed by atoms with Crippen LogP contribution in [0.4, 0.5) is 0 Å². The Bertz CT molecular complexity index is 615. The topological polar surface area (TPSA) is 136 Å². The van der Waals surface area contributed by atoms with Crippen molar-refractivity contribution in [3.8, 4) is 0 Å². The van der Waals surface area contributed by atoms with Crippen molar-refractivity contribution in [3.05, 3.63) is 12.7 Å². The monoisotopic (exact) mass is 544 g/mol. The van der Waals surface area contributed by atoms with Crippen LogP contribution in [0.15, 0.2) is 12.7 Å². The van der Waals surface area contributed by atoms with Gasteiger partial charge in [-0.2, -0.15) is 0 Å². The van der Waals surface area contributed by atoms with Crippen molar-refractivity contribution in [2.75, 3.05) is 86.1 Å². The second-order valence-electron chi connectivity index (χ2n) is 10.5. The van der Waals surface area contributed by atoms with E-state index in [1.807, 2.05) is 27.8 Å². The average Bonchev–Trinajstić information content (AvgIpc) is 2.89. The molecule has 0 heterocycles. The predicted octanol–water partition coefficient (Wildman–Crippen LogP) is 0.597. The molecule has 0 aromatic heterocycles. The van der Waals surface area contributed by atoms with Crippen LogP contribution < -0.4 is 21.3 Å². The van der Waals surface area contributed by atoms with E-state index in [1.165, 1.54) is 6.08 Å². The lowest BCUT2D eigenvalue weighted by Crippen LogP contribution is -2.43. The largest absolute Gasteiger partial charge is 0.380 e. The molecule has 38 heavy (non-hydrogen) atoms. The van der Waals surface area contributed by atoms with Gasteiger partial charge in [0.05, 0.1) is 58.3 Å². The summed E-state index contributed by atoms with van der Waals surface area (Å²) < 4.78 is 24.5. The second-order valence-corrected chi connectivity index (χ2v) is 10.5. The van der Waals surface area contributed by atoms with E-state index in [1.54, 1.807) is 0 Å². The van der Waals surface area contributed by atoms with Gasteiger partial charge in [0.15, 0.2) is 0 Å². The van der Waals surface area contributed by atoms with Crippen molar-refractivity contribution in [2.24, 2.45) is 29.1 Å². The third-order valence-corrected chi connectivity index (χ3v) is 5.70. The molecule has 0 rings (SSSR count). The fraction of sp³-hybridized carbons (Fsp3) is 0.815. The number of carbonyl (C=O) groups is 3. The van der Waals surface area contributed by atoms with Crippen LogP contribution in [-0.2, 0) is 33.3 Å². The maximum absolute atomic E-state index is 11.5. The molecule has 0 spiro atoms. The van der Waals surface area contributed by atoms with Gasteiger partial charge >= 0.3 is 0 Å². The molecule has 0 saturated heterocycles. The summed E-state index contributed by atoms with van der Waals surface area (Å²) in [6.45, 7) is 17.3. The van der Waals surface area contributed by atoms with E-state index in [9.17, 15) is 14.4 Å². The Kier molecular flexibility index (Phi) is 21.7. The van der Waals surface area contributed by atoms with Gasteiger partial charge < -0.3 is 40.2 Å². The van der Waals surface area contributed by atoms with E-state index < -0.39 is 5.41 Å². The van der Waals surface area contributed by atoms with Crippen molar-refractivity contribution >= 4 is 18.7 Å². The number of hydrogen-bond donors (Lipinski definition) is 4. The molecule has 4 N–H and O–H groups in total. The molecule has 3 amide bonds. The van der Waals surface area contributed by atoms with Gasteiger partial charge in [0.2, 0.25) is 18.7 Å². The molecule has 0 radical (unpaired) electrons. The number of carbonyl (C=O) groups excluding carboxylic acids is 3. The summed E-state index contributed by atoms with van der Waals surface area (Å²) >= 11 is 0. The van der Waals surface area contributed by atoms with Gasteiger partial charge in [0.25, 0.3) is 0 Å². The fourth-order valence-corrected chi connectivity index (χ4v) is 3.59. The van der Waals surface area contributed by atoms with Crippen LogP contribution >= 0.6 is 0 Å². The summed E-state index contributed by atoms with van der Waals surface area (Å²) in [6.07, 6.45) is 2.61. The van der Waals surface area contributed by atoms with E-state index in [0.29, 0.717) is 91.2 Å². The zero-order valence-electron chi connectivity index (χ0n) is 24.1. The minimum absolute atomic E-state index is 0.0962. The lowest BCUT2D eigenvalue weighted by Gasteiger charge is -2.34. The lowest BCUT2D eigenvalue weighted by molar-refractivity contribution is -0.119. The van der Waals surface area contributed by atoms with E-state index in [0.717, 1.165) is 6.54 Å². The average molecular weight is 545 g/mol. The minimum atomic E-state index is -0.570. The van der Waals surface area contributed by atoms with Crippen molar-refractivity contribution in [1.29, 1.82) is 0 Å². The van der Waals surface area contributed by atoms with Crippen molar-refractivity contribution < 1.29 is 33.3 Å². The lowest BCUT2D eigenvalue weighted by atomic mass is 9.91. The summed E-state index contributed by atoms with van der Waals surface area (Å²) in [7, 11) is 1.91. The first-order valence-electron chi connectivity index (χ1n) is 13.4. The Morgan fingerprint density at radius 2 is 1.08 bits per heavy atom. The molecule has 0 aliphatic rings. The van der Waals surface area contributed by atoms with Crippen LogP contribution in [-0.4, -0.2) is 105 Å². The molecule has 0 aromatic rings. The highest BCUT2D eigenvalue weighted by Crippen LogP contribution is 2.22. The number of hydrogen-bond acceptors (Lipinski definition) is 8. The summed E-state index contributed by atoms with van der Waals surface area (Å²) in [5.74, 6) is 0.489. The maximum Gasteiger partial charge on any atom is 0.243 e. The Morgan fingerprint density at radius 1 is 0.711 bits per heavy atom. The molecule has 0 aliphatic carbocycles. The number of amides is 3. The van der Waals surface area contributed by atoms with Gasteiger partial charge in [-0.1, -0.05) is 34.3 Å². The first-order valence-corrected chi connectivity index (χ1v) is 13.4. The zero-order valence-corrected chi connectivity index (χ0v) is 24.1. The quantitative estimate of drug-likeness (QED) is 0.0872. The molecule has 11 nitrogen and oxygen atoms in total. The number of ether oxygens (including phenoxy) is 4. The maximum atomic E-state index is 11.5. The van der Waals surface area contributed by atoms with Gasteiger partial charge in [-0.15, -0.1) is 0 Å².